The van der Waals surface area contributed by atoms with Crippen molar-refractivity contribution in [3.05, 3.63) is 24.2 Å². The van der Waals surface area contributed by atoms with Gasteiger partial charge in [-0.25, -0.2) is 4.98 Å². The van der Waals surface area contributed by atoms with Crippen LogP contribution in [-0.4, -0.2) is 26.4 Å². The molecule has 2 aromatic rings. The Balaban J connectivity index is 1.66. The molecule has 2 unspecified atom stereocenters. The molecule has 1 fully saturated rings. The zero-order chi connectivity index (χ0) is 18.7. The van der Waals surface area contributed by atoms with Crippen molar-refractivity contribution in [2.45, 2.75) is 52.5 Å². The van der Waals surface area contributed by atoms with E-state index in [0.29, 0.717) is 24.4 Å². The Morgan fingerprint density at radius 1 is 1.42 bits per heavy atom. The van der Waals surface area contributed by atoms with E-state index in [9.17, 15) is 5.26 Å². The van der Waals surface area contributed by atoms with E-state index in [1.165, 1.54) is 19.3 Å². The van der Waals surface area contributed by atoms with Gasteiger partial charge in [0.1, 0.15) is 5.54 Å². The molecule has 2 heterocycles. The highest BCUT2D eigenvalue weighted by molar-refractivity contribution is 5.55. The molecule has 138 valence electrons. The van der Waals surface area contributed by atoms with E-state index in [2.05, 4.69) is 33.4 Å². The van der Waals surface area contributed by atoms with Crippen molar-refractivity contribution in [1.82, 2.24) is 19.7 Å². The molecule has 1 aliphatic carbocycles. The van der Waals surface area contributed by atoms with Crippen LogP contribution >= 0.6 is 0 Å². The minimum Gasteiger partial charge on any atom is -0.477 e. The van der Waals surface area contributed by atoms with E-state index in [0.717, 1.165) is 17.3 Å². The number of ether oxygens (including phenoxy) is 1. The minimum absolute atomic E-state index is 0.458. The number of nitriles is 1. The highest BCUT2D eigenvalue weighted by Crippen LogP contribution is 2.30. The fourth-order valence-electron chi connectivity index (χ4n) is 3.20. The van der Waals surface area contributed by atoms with Gasteiger partial charge in [-0.05, 0) is 45.4 Å². The molecule has 0 saturated heterocycles. The second-order valence-electron chi connectivity index (χ2n) is 7.68. The molecule has 2 atom stereocenters. The quantitative estimate of drug-likeness (QED) is 0.849. The molecule has 0 aliphatic heterocycles. The van der Waals surface area contributed by atoms with Crippen molar-refractivity contribution in [2.75, 3.05) is 11.9 Å². The fraction of sp³-hybridized carbons (Fsp3) is 0.579. The lowest BCUT2D eigenvalue weighted by atomic mass is 10.1. The summed E-state index contributed by atoms with van der Waals surface area (Å²) in [4.78, 5) is 8.69. The minimum atomic E-state index is -0.713. The number of nitrogens with zero attached hydrogens (tertiary/aromatic N) is 5. The molecule has 7 heteroatoms. The number of nitrogens with one attached hydrogen (secondary N) is 1. The lowest BCUT2D eigenvalue weighted by Crippen LogP contribution is -2.24. The van der Waals surface area contributed by atoms with E-state index in [1.54, 1.807) is 23.1 Å². The van der Waals surface area contributed by atoms with Crippen molar-refractivity contribution >= 4 is 11.6 Å². The molecule has 0 radical (unpaired) electrons. The van der Waals surface area contributed by atoms with Crippen LogP contribution in [0.2, 0.25) is 0 Å². The van der Waals surface area contributed by atoms with Crippen molar-refractivity contribution < 1.29 is 4.74 Å². The van der Waals surface area contributed by atoms with E-state index < -0.39 is 5.54 Å². The smallest absolute Gasteiger partial charge is 0.230 e. The molecule has 0 aromatic carbocycles. The number of anilines is 2. The second-order valence-corrected chi connectivity index (χ2v) is 7.68. The Labute approximate surface area is 154 Å². The molecular formula is C19H26N6O. The summed E-state index contributed by atoms with van der Waals surface area (Å²) in [5, 5.41) is 16.8. The van der Waals surface area contributed by atoms with E-state index in [1.807, 2.05) is 20.8 Å². The summed E-state index contributed by atoms with van der Waals surface area (Å²) in [6.45, 7) is 8.51. The average Bonchev–Trinajstić information content (AvgIpc) is 3.20. The van der Waals surface area contributed by atoms with Gasteiger partial charge in [0, 0.05) is 12.3 Å². The van der Waals surface area contributed by atoms with Crippen LogP contribution in [0.1, 0.15) is 45.7 Å². The molecule has 1 saturated carbocycles. The van der Waals surface area contributed by atoms with E-state index in [4.69, 9.17) is 4.74 Å². The maximum atomic E-state index is 9.27. The Hall–Kier alpha value is -2.62. The highest BCUT2D eigenvalue weighted by Gasteiger charge is 2.23. The van der Waals surface area contributed by atoms with Gasteiger partial charge in [-0.3, -0.25) is 4.68 Å². The second kappa shape index (κ2) is 7.32. The predicted octanol–water partition coefficient (Wildman–Crippen LogP) is 3.80. The predicted molar refractivity (Wildman–Crippen MR) is 99.2 cm³/mol. The Bertz CT molecular complexity index is 807. The van der Waals surface area contributed by atoms with Gasteiger partial charge in [0.15, 0.2) is 0 Å². The number of rotatable bonds is 6. The third kappa shape index (κ3) is 4.13. The molecule has 0 spiro atoms. The monoisotopic (exact) mass is 354 g/mol. The first-order valence-electron chi connectivity index (χ1n) is 9.08. The SMILES string of the molecule is Cc1nn(C(C)(C)C#N)cc1Nc1nccc(OCC2CCC(C)C2)n1. The Morgan fingerprint density at radius 2 is 2.23 bits per heavy atom. The number of hydrogen-bond acceptors (Lipinski definition) is 6. The summed E-state index contributed by atoms with van der Waals surface area (Å²) in [7, 11) is 0. The summed E-state index contributed by atoms with van der Waals surface area (Å²) in [6.07, 6.45) is 7.22. The van der Waals surface area contributed by atoms with Crippen LogP contribution in [-0.2, 0) is 5.54 Å². The van der Waals surface area contributed by atoms with Crippen molar-refractivity contribution in [3.8, 4) is 11.9 Å². The van der Waals surface area contributed by atoms with Crippen LogP contribution in [0.4, 0.5) is 11.6 Å². The van der Waals surface area contributed by atoms with Crippen LogP contribution in [0.5, 0.6) is 5.88 Å². The van der Waals surface area contributed by atoms with Gasteiger partial charge in [0.05, 0.1) is 30.3 Å². The molecule has 26 heavy (non-hydrogen) atoms. The van der Waals surface area contributed by atoms with Crippen LogP contribution < -0.4 is 10.1 Å². The van der Waals surface area contributed by atoms with Crippen molar-refractivity contribution in [3.63, 3.8) is 0 Å². The molecule has 3 rings (SSSR count). The van der Waals surface area contributed by atoms with Crippen molar-refractivity contribution in [1.29, 1.82) is 5.26 Å². The van der Waals surface area contributed by atoms with Crippen LogP contribution in [0, 0.1) is 30.1 Å². The zero-order valence-electron chi connectivity index (χ0n) is 15.9. The van der Waals surface area contributed by atoms with E-state index >= 15 is 0 Å². The first kappa shape index (κ1) is 18.2. The molecular weight excluding hydrogens is 328 g/mol. The molecule has 0 bridgehead atoms. The number of aryl methyl sites for hydroxylation is 1. The van der Waals surface area contributed by atoms with Crippen molar-refractivity contribution in [2.24, 2.45) is 11.8 Å². The maximum Gasteiger partial charge on any atom is 0.230 e. The third-order valence-corrected chi connectivity index (χ3v) is 4.89. The van der Waals surface area contributed by atoms with Gasteiger partial charge in [-0.2, -0.15) is 15.3 Å². The summed E-state index contributed by atoms with van der Waals surface area (Å²) < 4.78 is 7.51. The first-order valence-corrected chi connectivity index (χ1v) is 9.08. The maximum absolute atomic E-state index is 9.27. The summed E-state index contributed by atoms with van der Waals surface area (Å²) in [6, 6.07) is 4.02. The third-order valence-electron chi connectivity index (χ3n) is 4.89. The zero-order valence-corrected chi connectivity index (χ0v) is 15.9. The van der Waals surface area contributed by atoms with Gasteiger partial charge in [0.25, 0.3) is 0 Å². The Kier molecular flexibility index (Phi) is 5.12. The number of hydrogen-bond donors (Lipinski definition) is 1. The summed E-state index contributed by atoms with van der Waals surface area (Å²) >= 11 is 0. The Morgan fingerprint density at radius 3 is 2.92 bits per heavy atom. The van der Waals surface area contributed by atoms with E-state index in [-0.39, 0.29) is 0 Å². The molecule has 1 N–H and O–H groups in total. The molecule has 2 aromatic heterocycles. The number of aromatic nitrogens is 4. The molecule has 0 amide bonds. The van der Waals surface area contributed by atoms with Crippen LogP contribution in [0.3, 0.4) is 0 Å². The largest absolute Gasteiger partial charge is 0.477 e. The van der Waals surface area contributed by atoms with Crippen LogP contribution in [0.25, 0.3) is 0 Å². The van der Waals surface area contributed by atoms with Gasteiger partial charge in [-0.15, -0.1) is 0 Å². The lowest BCUT2D eigenvalue weighted by molar-refractivity contribution is 0.240. The fourth-order valence-corrected chi connectivity index (χ4v) is 3.20. The molecule has 7 nitrogen and oxygen atoms in total. The van der Waals surface area contributed by atoms with Crippen LogP contribution in [0.15, 0.2) is 18.5 Å². The van der Waals surface area contributed by atoms with Gasteiger partial charge >= 0.3 is 0 Å². The van der Waals surface area contributed by atoms with Gasteiger partial charge in [-0.1, -0.05) is 13.3 Å². The summed E-state index contributed by atoms with van der Waals surface area (Å²) in [5.74, 6) is 2.44. The first-order chi connectivity index (χ1) is 12.4. The standard InChI is InChI=1S/C19H26N6O/c1-13-5-6-15(9-13)11-26-17-7-8-21-18(23-17)22-16-10-25(24-14(16)2)19(3,4)12-20/h7-8,10,13,15H,5-6,9,11H2,1-4H3,(H,21,22,23). The van der Waals surface area contributed by atoms with Gasteiger partial charge < -0.3 is 10.1 Å². The normalized spacial score (nSPS) is 20.0. The van der Waals surface area contributed by atoms with Gasteiger partial charge in [0.2, 0.25) is 11.8 Å². The summed E-state index contributed by atoms with van der Waals surface area (Å²) in [5.41, 5.74) is 0.841. The topological polar surface area (TPSA) is 88.7 Å². The highest BCUT2D eigenvalue weighted by atomic mass is 16.5. The lowest BCUT2D eigenvalue weighted by Gasteiger charge is -2.15. The molecule has 1 aliphatic rings. The average molecular weight is 354 g/mol.